The molecule has 5 heteroatoms. The van der Waals surface area contributed by atoms with Gasteiger partial charge in [0.15, 0.2) is 5.82 Å². The molecule has 1 aliphatic heterocycles. The van der Waals surface area contributed by atoms with E-state index in [1.807, 2.05) is 6.07 Å². The van der Waals surface area contributed by atoms with Crippen LogP contribution in [0.2, 0.25) is 0 Å². The van der Waals surface area contributed by atoms with E-state index in [1.54, 1.807) is 6.07 Å². The first-order chi connectivity index (χ1) is 7.81. The van der Waals surface area contributed by atoms with Crippen LogP contribution < -0.4 is 10.6 Å². The topological polar surface area (TPSA) is 75.3 Å². The summed E-state index contributed by atoms with van der Waals surface area (Å²) in [7, 11) is 0. The standard InChI is InChI=1S/C11H18N4O/c12-10-5-6-11(14-13-10)15-7-3-1-2-4-9(15)8-16/h5-6,9,16H,1-4,7-8H2,(H2,12,13). The van der Waals surface area contributed by atoms with Crippen LogP contribution in [-0.2, 0) is 0 Å². The highest BCUT2D eigenvalue weighted by Crippen LogP contribution is 2.21. The minimum atomic E-state index is 0.167. The van der Waals surface area contributed by atoms with Gasteiger partial charge in [-0.2, -0.15) is 0 Å². The highest BCUT2D eigenvalue weighted by Gasteiger charge is 2.21. The first kappa shape index (κ1) is 11.1. The van der Waals surface area contributed by atoms with Crippen LogP contribution >= 0.6 is 0 Å². The largest absolute Gasteiger partial charge is 0.394 e. The normalized spacial score (nSPS) is 21.8. The zero-order chi connectivity index (χ0) is 11.4. The molecule has 0 spiro atoms. The Morgan fingerprint density at radius 1 is 1.31 bits per heavy atom. The summed E-state index contributed by atoms with van der Waals surface area (Å²) in [4.78, 5) is 2.14. The van der Waals surface area contributed by atoms with Gasteiger partial charge in [-0.05, 0) is 25.0 Å². The van der Waals surface area contributed by atoms with E-state index >= 15 is 0 Å². The predicted molar refractivity (Wildman–Crippen MR) is 63.1 cm³/mol. The average Bonchev–Trinajstić information content (AvgIpc) is 2.55. The van der Waals surface area contributed by atoms with Gasteiger partial charge in [0.1, 0.15) is 5.82 Å². The van der Waals surface area contributed by atoms with Crippen molar-refractivity contribution in [2.24, 2.45) is 0 Å². The zero-order valence-corrected chi connectivity index (χ0v) is 9.34. The zero-order valence-electron chi connectivity index (χ0n) is 9.34. The second kappa shape index (κ2) is 5.12. The van der Waals surface area contributed by atoms with E-state index in [4.69, 9.17) is 5.73 Å². The molecule has 1 unspecified atom stereocenters. The molecule has 0 aromatic carbocycles. The molecule has 0 radical (unpaired) electrons. The molecule has 1 aliphatic rings. The molecule has 2 heterocycles. The van der Waals surface area contributed by atoms with Crippen LogP contribution in [0.1, 0.15) is 25.7 Å². The van der Waals surface area contributed by atoms with Crippen molar-refractivity contribution in [1.82, 2.24) is 10.2 Å². The fourth-order valence-electron chi connectivity index (χ4n) is 2.16. The van der Waals surface area contributed by atoms with E-state index in [0.29, 0.717) is 5.82 Å². The van der Waals surface area contributed by atoms with Gasteiger partial charge in [0, 0.05) is 6.54 Å². The van der Waals surface area contributed by atoms with Crippen molar-refractivity contribution in [1.29, 1.82) is 0 Å². The van der Waals surface area contributed by atoms with Crippen molar-refractivity contribution in [3.8, 4) is 0 Å². The quantitative estimate of drug-likeness (QED) is 0.774. The van der Waals surface area contributed by atoms with Crippen molar-refractivity contribution in [2.75, 3.05) is 23.8 Å². The van der Waals surface area contributed by atoms with E-state index in [2.05, 4.69) is 15.1 Å². The summed E-state index contributed by atoms with van der Waals surface area (Å²) >= 11 is 0. The molecule has 1 atom stereocenters. The minimum Gasteiger partial charge on any atom is -0.394 e. The third-order valence-electron chi connectivity index (χ3n) is 3.05. The van der Waals surface area contributed by atoms with Gasteiger partial charge in [-0.3, -0.25) is 0 Å². The van der Waals surface area contributed by atoms with Crippen LogP contribution in [-0.4, -0.2) is 34.5 Å². The van der Waals surface area contributed by atoms with Crippen molar-refractivity contribution in [2.45, 2.75) is 31.7 Å². The van der Waals surface area contributed by atoms with Crippen LogP contribution in [0.15, 0.2) is 12.1 Å². The lowest BCUT2D eigenvalue weighted by molar-refractivity contribution is 0.254. The molecule has 88 valence electrons. The average molecular weight is 222 g/mol. The third kappa shape index (κ3) is 2.41. The smallest absolute Gasteiger partial charge is 0.151 e. The minimum absolute atomic E-state index is 0.167. The lowest BCUT2D eigenvalue weighted by Gasteiger charge is -2.29. The number of aliphatic hydroxyl groups is 1. The Morgan fingerprint density at radius 2 is 2.19 bits per heavy atom. The summed E-state index contributed by atoms with van der Waals surface area (Å²) in [5.41, 5.74) is 5.51. The lowest BCUT2D eigenvalue weighted by atomic mass is 10.1. The van der Waals surface area contributed by atoms with Gasteiger partial charge in [-0.25, -0.2) is 0 Å². The van der Waals surface area contributed by atoms with Gasteiger partial charge < -0.3 is 15.7 Å². The Bertz CT molecular complexity index is 327. The number of anilines is 2. The van der Waals surface area contributed by atoms with Gasteiger partial charge in [-0.1, -0.05) is 12.8 Å². The highest BCUT2D eigenvalue weighted by molar-refractivity contribution is 5.42. The summed E-state index contributed by atoms with van der Waals surface area (Å²) in [6, 6.07) is 3.79. The van der Waals surface area contributed by atoms with Gasteiger partial charge in [-0.15, -0.1) is 10.2 Å². The Morgan fingerprint density at radius 3 is 2.88 bits per heavy atom. The van der Waals surface area contributed by atoms with E-state index in [1.165, 1.54) is 12.8 Å². The second-order valence-electron chi connectivity index (χ2n) is 4.20. The fraction of sp³-hybridized carbons (Fsp3) is 0.636. The van der Waals surface area contributed by atoms with E-state index < -0.39 is 0 Å². The van der Waals surface area contributed by atoms with Crippen molar-refractivity contribution < 1.29 is 5.11 Å². The molecule has 5 nitrogen and oxygen atoms in total. The molecule has 1 aromatic rings. The number of rotatable bonds is 2. The molecule has 3 N–H and O–H groups in total. The number of nitrogens with zero attached hydrogens (tertiary/aromatic N) is 3. The molecule has 0 aliphatic carbocycles. The van der Waals surface area contributed by atoms with Crippen molar-refractivity contribution >= 4 is 11.6 Å². The van der Waals surface area contributed by atoms with Crippen LogP contribution in [0.25, 0.3) is 0 Å². The lowest BCUT2D eigenvalue weighted by Crippen LogP contribution is -2.38. The Kier molecular flexibility index (Phi) is 3.56. The second-order valence-corrected chi connectivity index (χ2v) is 4.20. The molecular weight excluding hydrogens is 204 g/mol. The highest BCUT2D eigenvalue weighted by atomic mass is 16.3. The maximum absolute atomic E-state index is 9.39. The molecule has 16 heavy (non-hydrogen) atoms. The van der Waals surface area contributed by atoms with Gasteiger partial charge in [0.05, 0.1) is 12.6 Å². The molecule has 1 aromatic heterocycles. The monoisotopic (exact) mass is 222 g/mol. The molecule has 0 bridgehead atoms. The fourth-order valence-corrected chi connectivity index (χ4v) is 2.16. The maximum atomic E-state index is 9.39. The van der Waals surface area contributed by atoms with Crippen LogP contribution in [0, 0.1) is 0 Å². The van der Waals surface area contributed by atoms with Crippen LogP contribution in [0.5, 0.6) is 0 Å². The number of hydrogen-bond donors (Lipinski definition) is 2. The van der Waals surface area contributed by atoms with E-state index in [0.717, 1.165) is 25.2 Å². The number of hydrogen-bond acceptors (Lipinski definition) is 5. The summed E-state index contributed by atoms with van der Waals surface area (Å²) in [6.45, 7) is 1.11. The molecule has 0 saturated carbocycles. The summed E-state index contributed by atoms with van der Waals surface area (Å²) in [5, 5.41) is 17.3. The summed E-state index contributed by atoms with van der Waals surface area (Å²) in [6.07, 6.45) is 4.55. The van der Waals surface area contributed by atoms with Crippen LogP contribution in [0.3, 0.4) is 0 Å². The number of nitrogens with two attached hydrogens (primary N) is 1. The number of nitrogen functional groups attached to an aromatic ring is 1. The van der Waals surface area contributed by atoms with E-state index in [-0.39, 0.29) is 12.6 Å². The van der Waals surface area contributed by atoms with Crippen LogP contribution in [0.4, 0.5) is 11.6 Å². The first-order valence-corrected chi connectivity index (χ1v) is 5.78. The molecule has 1 saturated heterocycles. The summed E-state index contributed by atoms with van der Waals surface area (Å²) in [5.74, 6) is 1.24. The molecule has 0 amide bonds. The Labute approximate surface area is 95.3 Å². The molecular formula is C11H18N4O. The number of aliphatic hydroxyl groups excluding tert-OH is 1. The predicted octanol–water partition coefficient (Wildman–Crippen LogP) is 0.800. The van der Waals surface area contributed by atoms with Crippen molar-refractivity contribution in [3.05, 3.63) is 12.1 Å². The molecule has 1 fully saturated rings. The van der Waals surface area contributed by atoms with Crippen molar-refractivity contribution in [3.63, 3.8) is 0 Å². The Balaban J connectivity index is 2.18. The summed E-state index contributed by atoms with van der Waals surface area (Å²) < 4.78 is 0. The van der Waals surface area contributed by atoms with Gasteiger partial charge in [0.25, 0.3) is 0 Å². The van der Waals surface area contributed by atoms with Gasteiger partial charge >= 0.3 is 0 Å². The maximum Gasteiger partial charge on any atom is 0.151 e. The third-order valence-corrected chi connectivity index (χ3v) is 3.05. The number of aromatic nitrogens is 2. The first-order valence-electron chi connectivity index (χ1n) is 5.78. The van der Waals surface area contributed by atoms with E-state index in [9.17, 15) is 5.11 Å². The SMILES string of the molecule is Nc1ccc(N2CCCCCC2CO)nn1. The molecule has 2 rings (SSSR count). The van der Waals surface area contributed by atoms with Gasteiger partial charge in [0.2, 0.25) is 0 Å². The Hall–Kier alpha value is -1.36.